The SMILES string of the molecule is C=C(C)C(=O)NCCCCN1CCOCC1. The summed E-state index contributed by atoms with van der Waals surface area (Å²) in [7, 11) is 0. The van der Waals surface area contributed by atoms with Crippen LogP contribution in [0.4, 0.5) is 0 Å². The summed E-state index contributed by atoms with van der Waals surface area (Å²) in [5, 5.41) is 2.84. The third-order valence-electron chi connectivity index (χ3n) is 2.68. The number of amides is 1. The van der Waals surface area contributed by atoms with E-state index in [0.717, 1.165) is 52.2 Å². The van der Waals surface area contributed by atoms with Gasteiger partial charge in [0.2, 0.25) is 5.91 Å². The first kappa shape index (κ1) is 13.2. The normalized spacial score (nSPS) is 17.1. The minimum absolute atomic E-state index is 0.0358. The van der Waals surface area contributed by atoms with Crippen LogP contribution in [0, 0.1) is 0 Å². The van der Waals surface area contributed by atoms with Crippen LogP contribution in [0.1, 0.15) is 19.8 Å². The molecule has 1 amide bonds. The zero-order valence-electron chi connectivity index (χ0n) is 10.1. The number of nitrogens with one attached hydrogen (secondary N) is 1. The molecule has 0 saturated carbocycles. The summed E-state index contributed by atoms with van der Waals surface area (Å²) < 4.78 is 5.28. The topological polar surface area (TPSA) is 41.6 Å². The summed E-state index contributed by atoms with van der Waals surface area (Å²) in [6, 6.07) is 0. The Hall–Kier alpha value is -0.870. The Morgan fingerprint density at radius 3 is 2.69 bits per heavy atom. The molecule has 0 bridgehead atoms. The lowest BCUT2D eigenvalue weighted by Crippen LogP contribution is -2.37. The van der Waals surface area contributed by atoms with Crippen LogP contribution < -0.4 is 5.32 Å². The summed E-state index contributed by atoms with van der Waals surface area (Å²) in [5.41, 5.74) is 0.577. The molecule has 1 N–H and O–H groups in total. The first-order valence-electron chi connectivity index (χ1n) is 5.94. The van der Waals surface area contributed by atoms with Gasteiger partial charge >= 0.3 is 0 Å². The van der Waals surface area contributed by atoms with Crippen molar-refractivity contribution in [2.75, 3.05) is 39.4 Å². The maximum Gasteiger partial charge on any atom is 0.246 e. The van der Waals surface area contributed by atoms with E-state index in [1.165, 1.54) is 0 Å². The zero-order valence-corrected chi connectivity index (χ0v) is 10.1. The van der Waals surface area contributed by atoms with E-state index in [-0.39, 0.29) is 5.91 Å². The fourth-order valence-electron chi connectivity index (χ4n) is 1.64. The van der Waals surface area contributed by atoms with Gasteiger partial charge in [-0.2, -0.15) is 0 Å². The van der Waals surface area contributed by atoms with Crippen molar-refractivity contribution < 1.29 is 9.53 Å². The summed E-state index contributed by atoms with van der Waals surface area (Å²) in [4.78, 5) is 13.6. The molecule has 1 rings (SSSR count). The zero-order chi connectivity index (χ0) is 11.8. The van der Waals surface area contributed by atoms with Crippen LogP contribution in [0.15, 0.2) is 12.2 Å². The number of hydrogen-bond acceptors (Lipinski definition) is 3. The molecule has 4 nitrogen and oxygen atoms in total. The van der Waals surface area contributed by atoms with Crippen LogP contribution in [-0.2, 0) is 9.53 Å². The molecular weight excluding hydrogens is 204 g/mol. The van der Waals surface area contributed by atoms with Gasteiger partial charge in [0.25, 0.3) is 0 Å². The summed E-state index contributed by atoms with van der Waals surface area (Å²) in [6.45, 7) is 11.0. The maximum absolute atomic E-state index is 11.2. The number of rotatable bonds is 6. The number of carbonyl (C=O) groups excluding carboxylic acids is 1. The van der Waals surface area contributed by atoms with Gasteiger partial charge in [0, 0.05) is 25.2 Å². The summed E-state index contributed by atoms with van der Waals surface area (Å²) in [5.74, 6) is -0.0358. The molecular formula is C12H22N2O2. The lowest BCUT2D eigenvalue weighted by molar-refractivity contribution is -0.117. The van der Waals surface area contributed by atoms with Gasteiger partial charge in [0.1, 0.15) is 0 Å². The molecule has 1 saturated heterocycles. The van der Waals surface area contributed by atoms with Gasteiger partial charge in [-0.05, 0) is 26.3 Å². The molecule has 4 heteroatoms. The van der Waals surface area contributed by atoms with Crippen molar-refractivity contribution in [2.24, 2.45) is 0 Å². The molecule has 0 radical (unpaired) electrons. The van der Waals surface area contributed by atoms with Gasteiger partial charge in [0.05, 0.1) is 13.2 Å². The molecule has 0 spiro atoms. The second-order valence-corrected chi connectivity index (χ2v) is 4.20. The quantitative estimate of drug-likeness (QED) is 0.538. The fraction of sp³-hybridized carbons (Fsp3) is 0.750. The van der Waals surface area contributed by atoms with Crippen molar-refractivity contribution in [1.29, 1.82) is 0 Å². The van der Waals surface area contributed by atoms with E-state index in [9.17, 15) is 4.79 Å². The number of morpholine rings is 1. The highest BCUT2D eigenvalue weighted by molar-refractivity contribution is 5.91. The number of carbonyl (C=O) groups is 1. The van der Waals surface area contributed by atoms with Gasteiger partial charge in [-0.25, -0.2) is 0 Å². The smallest absolute Gasteiger partial charge is 0.246 e. The molecule has 0 unspecified atom stereocenters. The largest absolute Gasteiger partial charge is 0.379 e. The van der Waals surface area contributed by atoms with Crippen LogP contribution in [0.3, 0.4) is 0 Å². The Labute approximate surface area is 97.6 Å². The third-order valence-corrected chi connectivity index (χ3v) is 2.68. The van der Waals surface area contributed by atoms with Crippen molar-refractivity contribution in [3.05, 3.63) is 12.2 Å². The molecule has 0 aliphatic carbocycles. The van der Waals surface area contributed by atoms with Crippen molar-refractivity contribution >= 4 is 5.91 Å². The van der Waals surface area contributed by atoms with Crippen LogP contribution in [0.2, 0.25) is 0 Å². The number of nitrogens with zero attached hydrogens (tertiary/aromatic N) is 1. The Morgan fingerprint density at radius 1 is 1.38 bits per heavy atom. The predicted molar refractivity (Wildman–Crippen MR) is 64.3 cm³/mol. The highest BCUT2D eigenvalue weighted by Crippen LogP contribution is 1.99. The first-order chi connectivity index (χ1) is 7.70. The van der Waals surface area contributed by atoms with E-state index < -0.39 is 0 Å². The minimum Gasteiger partial charge on any atom is -0.379 e. The average Bonchev–Trinajstić information content (AvgIpc) is 2.29. The molecule has 0 atom stereocenters. The summed E-state index contributed by atoms with van der Waals surface area (Å²) in [6.07, 6.45) is 2.15. The second-order valence-electron chi connectivity index (χ2n) is 4.20. The number of ether oxygens (including phenoxy) is 1. The Bertz CT molecular complexity index is 235. The minimum atomic E-state index is -0.0358. The Morgan fingerprint density at radius 2 is 2.06 bits per heavy atom. The van der Waals surface area contributed by atoms with E-state index in [1.807, 2.05) is 0 Å². The molecule has 1 aliphatic rings. The second kappa shape index (κ2) is 7.41. The Balaban J connectivity index is 1.95. The van der Waals surface area contributed by atoms with Gasteiger partial charge < -0.3 is 10.1 Å². The van der Waals surface area contributed by atoms with Gasteiger partial charge in [-0.1, -0.05) is 6.58 Å². The van der Waals surface area contributed by atoms with Crippen LogP contribution >= 0.6 is 0 Å². The molecule has 0 aromatic carbocycles. The molecule has 1 heterocycles. The first-order valence-corrected chi connectivity index (χ1v) is 5.94. The third kappa shape index (κ3) is 5.28. The molecule has 1 fully saturated rings. The molecule has 0 aromatic heterocycles. The van der Waals surface area contributed by atoms with Gasteiger partial charge in [-0.15, -0.1) is 0 Å². The van der Waals surface area contributed by atoms with Crippen molar-refractivity contribution in [3.8, 4) is 0 Å². The molecule has 1 aliphatic heterocycles. The van der Waals surface area contributed by atoms with E-state index in [4.69, 9.17) is 4.74 Å². The molecule has 16 heavy (non-hydrogen) atoms. The van der Waals surface area contributed by atoms with Gasteiger partial charge in [-0.3, -0.25) is 9.69 Å². The van der Waals surface area contributed by atoms with Crippen molar-refractivity contribution in [2.45, 2.75) is 19.8 Å². The highest BCUT2D eigenvalue weighted by Gasteiger charge is 2.09. The van der Waals surface area contributed by atoms with E-state index in [0.29, 0.717) is 5.57 Å². The predicted octanol–water partition coefficient (Wildman–Crippen LogP) is 0.791. The number of unbranched alkanes of at least 4 members (excludes halogenated alkanes) is 1. The van der Waals surface area contributed by atoms with Crippen LogP contribution in [0.25, 0.3) is 0 Å². The van der Waals surface area contributed by atoms with Gasteiger partial charge in [0.15, 0.2) is 0 Å². The lowest BCUT2D eigenvalue weighted by atomic mass is 10.2. The van der Waals surface area contributed by atoms with E-state index in [2.05, 4.69) is 16.8 Å². The van der Waals surface area contributed by atoms with E-state index >= 15 is 0 Å². The monoisotopic (exact) mass is 226 g/mol. The van der Waals surface area contributed by atoms with Crippen molar-refractivity contribution in [3.63, 3.8) is 0 Å². The molecule has 0 aromatic rings. The number of hydrogen-bond donors (Lipinski definition) is 1. The van der Waals surface area contributed by atoms with Crippen molar-refractivity contribution in [1.82, 2.24) is 10.2 Å². The standard InChI is InChI=1S/C12H22N2O2/c1-11(2)12(15)13-5-3-4-6-14-7-9-16-10-8-14/h1,3-10H2,2H3,(H,13,15). The van der Waals surface area contributed by atoms with Crippen LogP contribution in [-0.4, -0.2) is 50.2 Å². The highest BCUT2D eigenvalue weighted by atomic mass is 16.5. The lowest BCUT2D eigenvalue weighted by Gasteiger charge is -2.26. The average molecular weight is 226 g/mol. The fourth-order valence-corrected chi connectivity index (χ4v) is 1.64. The Kier molecular flexibility index (Phi) is 6.11. The van der Waals surface area contributed by atoms with E-state index in [1.54, 1.807) is 6.92 Å². The maximum atomic E-state index is 11.2. The molecule has 92 valence electrons. The summed E-state index contributed by atoms with van der Waals surface area (Å²) >= 11 is 0. The van der Waals surface area contributed by atoms with Crippen LogP contribution in [0.5, 0.6) is 0 Å².